The number of rotatable bonds is 7. The molecular formula is C25H34ClNO2. The first-order valence-corrected chi connectivity index (χ1v) is 10.7. The zero-order valence-corrected chi connectivity index (χ0v) is 19.2. The van der Waals surface area contributed by atoms with Gasteiger partial charge in [0.05, 0.1) is 19.1 Å². The van der Waals surface area contributed by atoms with Gasteiger partial charge < -0.3 is 10.4 Å². The topological polar surface area (TPSA) is 49.3 Å². The second-order valence-electron chi connectivity index (χ2n) is 9.14. The molecule has 0 aliphatic rings. The SMILES string of the molecule is Cc1cccc(Cl)c1CC(=O)NC(CO)Cc1c(C(C)C)cccc1C(C)(C)C. The Hall–Kier alpha value is -1.84. The second kappa shape index (κ2) is 9.77. The van der Waals surface area contributed by atoms with Gasteiger partial charge in [0, 0.05) is 5.02 Å². The minimum absolute atomic E-state index is 0.0150. The number of nitrogens with one attached hydrogen (secondary N) is 1. The predicted molar refractivity (Wildman–Crippen MR) is 122 cm³/mol. The minimum Gasteiger partial charge on any atom is -0.394 e. The summed E-state index contributed by atoms with van der Waals surface area (Å²) in [6.45, 7) is 12.8. The zero-order chi connectivity index (χ0) is 21.8. The van der Waals surface area contributed by atoms with Crippen LogP contribution < -0.4 is 5.32 Å². The largest absolute Gasteiger partial charge is 0.394 e. The molecule has 0 bridgehead atoms. The van der Waals surface area contributed by atoms with E-state index in [1.165, 1.54) is 16.7 Å². The average molecular weight is 416 g/mol. The molecule has 0 radical (unpaired) electrons. The maximum Gasteiger partial charge on any atom is 0.224 e. The van der Waals surface area contributed by atoms with E-state index < -0.39 is 0 Å². The van der Waals surface area contributed by atoms with E-state index in [1.54, 1.807) is 6.07 Å². The number of aliphatic hydroxyl groups is 1. The molecule has 2 N–H and O–H groups in total. The Balaban J connectivity index is 2.25. The van der Waals surface area contributed by atoms with E-state index in [0.29, 0.717) is 17.4 Å². The molecule has 1 amide bonds. The smallest absolute Gasteiger partial charge is 0.224 e. The lowest BCUT2D eigenvalue weighted by Crippen LogP contribution is -2.40. The fourth-order valence-electron chi connectivity index (χ4n) is 3.81. The van der Waals surface area contributed by atoms with Crippen molar-refractivity contribution in [2.24, 2.45) is 0 Å². The highest BCUT2D eigenvalue weighted by Crippen LogP contribution is 2.32. The Morgan fingerprint density at radius 3 is 2.31 bits per heavy atom. The molecule has 0 saturated heterocycles. The van der Waals surface area contributed by atoms with Crippen LogP contribution >= 0.6 is 11.6 Å². The van der Waals surface area contributed by atoms with Crippen molar-refractivity contribution in [1.29, 1.82) is 0 Å². The Morgan fingerprint density at radius 1 is 1.10 bits per heavy atom. The summed E-state index contributed by atoms with van der Waals surface area (Å²) >= 11 is 6.27. The molecule has 4 heteroatoms. The molecule has 1 unspecified atom stereocenters. The maximum absolute atomic E-state index is 12.7. The first-order chi connectivity index (χ1) is 13.5. The fraction of sp³-hybridized carbons (Fsp3) is 0.480. The van der Waals surface area contributed by atoms with Gasteiger partial charge in [-0.3, -0.25) is 4.79 Å². The van der Waals surface area contributed by atoms with Crippen LogP contribution in [0.3, 0.4) is 0 Å². The lowest BCUT2D eigenvalue weighted by Gasteiger charge is -2.28. The molecule has 0 aliphatic heterocycles. The van der Waals surface area contributed by atoms with Crippen molar-refractivity contribution in [3.63, 3.8) is 0 Å². The first kappa shape index (κ1) is 23.4. The van der Waals surface area contributed by atoms with Crippen molar-refractivity contribution in [1.82, 2.24) is 5.32 Å². The minimum atomic E-state index is -0.341. The van der Waals surface area contributed by atoms with E-state index in [4.69, 9.17) is 11.6 Å². The molecule has 158 valence electrons. The number of hydrogen-bond donors (Lipinski definition) is 2. The maximum atomic E-state index is 12.7. The van der Waals surface area contributed by atoms with Gasteiger partial charge in [-0.2, -0.15) is 0 Å². The number of aliphatic hydroxyl groups excluding tert-OH is 1. The number of benzene rings is 2. The van der Waals surface area contributed by atoms with E-state index in [1.807, 2.05) is 19.1 Å². The van der Waals surface area contributed by atoms with E-state index in [2.05, 4.69) is 58.1 Å². The zero-order valence-electron chi connectivity index (χ0n) is 18.5. The molecule has 2 rings (SSSR count). The van der Waals surface area contributed by atoms with Crippen LogP contribution in [0.2, 0.25) is 5.02 Å². The number of halogens is 1. The summed E-state index contributed by atoms with van der Waals surface area (Å²) in [4.78, 5) is 12.7. The summed E-state index contributed by atoms with van der Waals surface area (Å²) in [5, 5.41) is 13.6. The van der Waals surface area contributed by atoms with Gasteiger partial charge in [-0.05, 0) is 58.6 Å². The van der Waals surface area contributed by atoms with Crippen LogP contribution in [0.4, 0.5) is 0 Å². The number of carbonyl (C=O) groups is 1. The lowest BCUT2D eigenvalue weighted by atomic mass is 9.78. The van der Waals surface area contributed by atoms with E-state index in [-0.39, 0.29) is 30.4 Å². The van der Waals surface area contributed by atoms with Crippen molar-refractivity contribution in [3.8, 4) is 0 Å². The first-order valence-electron chi connectivity index (χ1n) is 10.3. The van der Waals surface area contributed by atoms with Gasteiger partial charge >= 0.3 is 0 Å². The van der Waals surface area contributed by atoms with Gasteiger partial charge in [-0.1, -0.05) is 76.6 Å². The highest BCUT2D eigenvalue weighted by atomic mass is 35.5. The highest BCUT2D eigenvalue weighted by molar-refractivity contribution is 6.31. The van der Waals surface area contributed by atoms with E-state index >= 15 is 0 Å². The number of carbonyl (C=O) groups excluding carboxylic acids is 1. The fourth-order valence-corrected chi connectivity index (χ4v) is 4.10. The van der Waals surface area contributed by atoms with Gasteiger partial charge in [0.2, 0.25) is 5.91 Å². The van der Waals surface area contributed by atoms with Crippen molar-refractivity contribution in [2.45, 2.75) is 71.8 Å². The van der Waals surface area contributed by atoms with Crippen molar-refractivity contribution in [3.05, 3.63) is 69.2 Å². The monoisotopic (exact) mass is 415 g/mol. The van der Waals surface area contributed by atoms with Gasteiger partial charge in [-0.25, -0.2) is 0 Å². The Kier molecular flexibility index (Phi) is 7.90. The quantitative estimate of drug-likeness (QED) is 0.641. The van der Waals surface area contributed by atoms with Crippen LogP contribution in [0.1, 0.15) is 68.4 Å². The Bertz CT molecular complexity index is 832. The summed E-state index contributed by atoms with van der Waals surface area (Å²) in [5.41, 5.74) is 5.57. The molecule has 1 atom stereocenters. The predicted octanol–water partition coefficient (Wildman–Crippen LogP) is 5.33. The lowest BCUT2D eigenvalue weighted by molar-refractivity contribution is -0.121. The molecular weight excluding hydrogens is 382 g/mol. The molecule has 0 aliphatic carbocycles. The van der Waals surface area contributed by atoms with Crippen molar-refractivity contribution < 1.29 is 9.90 Å². The summed E-state index contributed by atoms with van der Waals surface area (Å²) in [6.07, 6.45) is 0.810. The van der Waals surface area contributed by atoms with E-state index in [0.717, 1.165) is 11.1 Å². The summed E-state index contributed by atoms with van der Waals surface area (Å²) in [6, 6.07) is 11.7. The standard InChI is InChI=1S/C25H34ClNO2/c1-16(2)19-10-8-11-22(25(4,5)6)21(19)13-18(15-28)27-24(29)14-20-17(3)9-7-12-23(20)26/h7-12,16,18,28H,13-15H2,1-6H3,(H,27,29). The summed E-state index contributed by atoms with van der Waals surface area (Å²) < 4.78 is 0. The molecule has 0 fully saturated rings. The summed E-state index contributed by atoms with van der Waals surface area (Å²) in [5.74, 6) is 0.243. The molecule has 2 aromatic carbocycles. The van der Waals surface area contributed by atoms with Crippen LogP contribution in [0.5, 0.6) is 0 Å². The molecule has 0 heterocycles. The van der Waals surface area contributed by atoms with Crippen molar-refractivity contribution in [2.75, 3.05) is 6.61 Å². The summed E-state index contributed by atoms with van der Waals surface area (Å²) in [7, 11) is 0. The Morgan fingerprint density at radius 2 is 1.76 bits per heavy atom. The van der Waals surface area contributed by atoms with Crippen LogP contribution in [0.25, 0.3) is 0 Å². The van der Waals surface area contributed by atoms with Gasteiger partial charge in [0.25, 0.3) is 0 Å². The number of aryl methyl sites for hydroxylation is 1. The molecule has 0 aromatic heterocycles. The van der Waals surface area contributed by atoms with Gasteiger partial charge in [0.1, 0.15) is 0 Å². The average Bonchev–Trinajstić information content (AvgIpc) is 2.63. The van der Waals surface area contributed by atoms with Crippen LogP contribution in [-0.2, 0) is 23.1 Å². The molecule has 3 nitrogen and oxygen atoms in total. The third kappa shape index (κ3) is 6.07. The molecule has 0 saturated carbocycles. The highest BCUT2D eigenvalue weighted by Gasteiger charge is 2.24. The van der Waals surface area contributed by atoms with Gasteiger partial charge in [-0.15, -0.1) is 0 Å². The van der Waals surface area contributed by atoms with Crippen LogP contribution in [-0.4, -0.2) is 23.7 Å². The van der Waals surface area contributed by atoms with Gasteiger partial charge in [0.15, 0.2) is 0 Å². The van der Waals surface area contributed by atoms with Crippen molar-refractivity contribution >= 4 is 17.5 Å². The normalized spacial score (nSPS) is 12.9. The molecule has 0 spiro atoms. The van der Waals surface area contributed by atoms with Crippen LogP contribution in [0, 0.1) is 6.92 Å². The number of amides is 1. The van der Waals surface area contributed by atoms with Crippen LogP contribution in [0.15, 0.2) is 36.4 Å². The molecule has 29 heavy (non-hydrogen) atoms. The third-order valence-electron chi connectivity index (χ3n) is 5.37. The molecule has 2 aromatic rings. The number of hydrogen-bond acceptors (Lipinski definition) is 2. The second-order valence-corrected chi connectivity index (χ2v) is 9.55. The Labute approximate surface area is 180 Å². The third-order valence-corrected chi connectivity index (χ3v) is 5.72. The van der Waals surface area contributed by atoms with E-state index in [9.17, 15) is 9.90 Å².